The van der Waals surface area contributed by atoms with Crippen molar-refractivity contribution in [1.82, 2.24) is 9.59 Å². The highest BCUT2D eigenvalue weighted by Gasteiger charge is 2.06. The molecule has 0 amide bonds. The summed E-state index contributed by atoms with van der Waals surface area (Å²) in [7, 11) is 0. The summed E-state index contributed by atoms with van der Waals surface area (Å²) in [6, 6.07) is 8.41. The minimum atomic E-state index is 0.229. The molecular weight excluding hydrogens is 246 g/mol. The highest BCUT2D eigenvalue weighted by molar-refractivity contribution is 7.09. The van der Waals surface area contributed by atoms with Crippen LogP contribution in [0, 0.1) is 0 Å². The van der Waals surface area contributed by atoms with Gasteiger partial charge in [0.25, 0.3) is 0 Å². The van der Waals surface area contributed by atoms with E-state index in [2.05, 4.69) is 40.9 Å². The van der Waals surface area contributed by atoms with E-state index >= 15 is 0 Å². The minimum Gasteiger partial charge on any atom is -0.494 e. The third kappa shape index (κ3) is 3.43. The van der Waals surface area contributed by atoms with Crippen molar-refractivity contribution in [2.75, 3.05) is 11.9 Å². The van der Waals surface area contributed by atoms with E-state index in [0.717, 1.165) is 23.8 Å². The van der Waals surface area contributed by atoms with Crippen LogP contribution in [0.3, 0.4) is 0 Å². The fourth-order valence-electron chi connectivity index (χ4n) is 1.60. The smallest absolute Gasteiger partial charge is 0.130 e. The minimum absolute atomic E-state index is 0.229. The molecule has 0 bridgehead atoms. The maximum absolute atomic E-state index is 5.56. The van der Waals surface area contributed by atoms with Crippen LogP contribution < -0.4 is 10.1 Å². The van der Waals surface area contributed by atoms with Gasteiger partial charge in [-0.2, -0.15) is 0 Å². The zero-order chi connectivity index (χ0) is 12.8. The second-order valence-electron chi connectivity index (χ2n) is 4.07. The molecule has 0 spiro atoms. The van der Waals surface area contributed by atoms with Gasteiger partial charge < -0.3 is 10.1 Å². The molecule has 1 aromatic heterocycles. The normalized spacial score (nSPS) is 12.1. The standard InChI is InChI=1S/C13H17N3OS/c1-3-8-17-12-6-4-11(5-7-12)10(2)15-13-9-14-16-18-13/h4-7,9-10,15H,3,8H2,1-2H3. The SMILES string of the molecule is CCCOc1ccc(C(C)Nc2cnns2)cc1. The van der Waals surface area contributed by atoms with E-state index in [4.69, 9.17) is 4.74 Å². The highest BCUT2D eigenvalue weighted by atomic mass is 32.1. The third-order valence-corrected chi connectivity index (χ3v) is 3.17. The van der Waals surface area contributed by atoms with Gasteiger partial charge in [0.2, 0.25) is 0 Å². The fraction of sp³-hybridized carbons (Fsp3) is 0.385. The summed E-state index contributed by atoms with van der Waals surface area (Å²) in [5, 5.41) is 8.14. The summed E-state index contributed by atoms with van der Waals surface area (Å²) in [5.74, 6) is 0.923. The molecule has 5 heteroatoms. The van der Waals surface area contributed by atoms with Gasteiger partial charge in [-0.25, -0.2) is 0 Å². The number of nitrogens with one attached hydrogen (secondary N) is 1. The molecule has 0 radical (unpaired) electrons. The van der Waals surface area contributed by atoms with Gasteiger partial charge in [0.05, 0.1) is 12.8 Å². The zero-order valence-electron chi connectivity index (χ0n) is 10.6. The zero-order valence-corrected chi connectivity index (χ0v) is 11.4. The average molecular weight is 263 g/mol. The van der Waals surface area contributed by atoms with Gasteiger partial charge in [0.15, 0.2) is 0 Å². The Balaban J connectivity index is 1.96. The quantitative estimate of drug-likeness (QED) is 0.866. The summed E-state index contributed by atoms with van der Waals surface area (Å²) in [6.45, 7) is 4.98. The van der Waals surface area contributed by atoms with Crippen LogP contribution in [-0.2, 0) is 0 Å². The molecule has 1 atom stereocenters. The number of nitrogens with zero attached hydrogens (tertiary/aromatic N) is 2. The average Bonchev–Trinajstić information content (AvgIpc) is 2.89. The van der Waals surface area contributed by atoms with E-state index in [1.54, 1.807) is 6.20 Å². The van der Waals surface area contributed by atoms with E-state index in [9.17, 15) is 0 Å². The number of anilines is 1. The molecule has 4 nitrogen and oxygen atoms in total. The summed E-state index contributed by atoms with van der Waals surface area (Å²) < 4.78 is 9.38. The molecule has 96 valence electrons. The Morgan fingerprint density at radius 1 is 1.33 bits per heavy atom. The molecule has 18 heavy (non-hydrogen) atoms. The van der Waals surface area contributed by atoms with Crippen molar-refractivity contribution in [2.45, 2.75) is 26.3 Å². The highest BCUT2D eigenvalue weighted by Crippen LogP contribution is 2.22. The Bertz CT molecular complexity index is 456. The second kappa shape index (κ2) is 6.35. The van der Waals surface area contributed by atoms with E-state index in [1.807, 2.05) is 12.1 Å². The van der Waals surface area contributed by atoms with Crippen LogP contribution in [0.2, 0.25) is 0 Å². The first kappa shape index (κ1) is 12.8. The molecule has 0 saturated heterocycles. The van der Waals surface area contributed by atoms with Gasteiger partial charge in [-0.3, -0.25) is 0 Å². The number of aromatic nitrogens is 2. The number of benzene rings is 1. The van der Waals surface area contributed by atoms with Crippen molar-refractivity contribution >= 4 is 16.5 Å². The monoisotopic (exact) mass is 263 g/mol. The van der Waals surface area contributed by atoms with Gasteiger partial charge in [-0.05, 0) is 31.0 Å². The van der Waals surface area contributed by atoms with Crippen molar-refractivity contribution in [1.29, 1.82) is 0 Å². The summed E-state index contributed by atoms with van der Waals surface area (Å²) >= 11 is 1.36. The van der Waals surface area contributed by atoms with Crippen LogP contribution in [-0.4, -0.2) is 16.2 Å². The van der Waals surface area contributed by atoms with Gasteiger partial charge in [-0.1, -0.05) is 23.5 Å². The molecule has 2 aromatic rings. The molecule has 0 aliphatic rings. The molecule has 0 aliphatic heterocycles. The van der Waals surface area contributed by atoms with E-state index in [0.29, 0.717) is 0 Å². The maximum Gasteiger partial charge on any atom is 0.130 e. The Labute approximate surface area is 111 Å². The molecule has 2 rings (SSSR count). The lowest BCUT2D eigenvalue weighted by Crippen LogP contribution is -2.05. The molecule has 1 heterocycles. The van der Waals surface area contributed by atoms with E-state index in [-0.39, 0.29) is 6.04 Å². The summed E-state index contributed by atoms with van der Waals surface area (Å²) in [5.41, 5.74) is 1.22. The first-order valence-corrected chi connectivity index (χ1v) is 6.83. The van der Waals surface area contributed by atoms with Gasteiger partial charge in [0, 0.05) is 17.6 Å². The predicted octanol–water partition coefficient (Wildman–Crippen LogP) is 3.50. The molecule has 0 aliphatic carbocycles. The lowest BCUT2D eigenvalue weighted by molar-refractivity contribution is 0.317. The van der Waals surface area contributed by atoms with Crippen LogP contribution in [0.4, 0.5) is 5.00 Å². The Morgan fingerprint density at radius 2 is 2.11 bits per heavy atom. The number of ether oxygens (including phenoxy) is 1. The Hall–Kier alpha value is -1.62. The Kier molecular flexibility index (Phi) is 4.52. The van der Waals surface area contributed by atoms with Gasteiger partial charge in [-0.15, -0.1) is 5.10 Å². The van der Waals surface area contributed by atoms with Gasteiger partial charge >= 0.3 is 0 Å². The first-order valence-electron chi connectivity index (χ1n) is 6.06. The molecule has 1 aromatic carbocycles. The second-order valence-corrected chi connectivity index (χ2v) is 4.85. The molecule has 1 N–H and O–H groups in total. The lowest BCUT2D eigenvalue weighted by Gasteiger charge is -2.14. The van der Waals surface area contributed by atoms with Crippen molar-refractivity contribution < 1.29 is 4.74 Å². The van der Waals surface area contributed by atoms with Crippen molar-refractivity contribution in [3.8, 4) is 5.75 Å². The van der Waals surface area contributed by atoms with Crippen molar-refractivity contribution in [3.05, 3.63) is 36.0 Å². The number of hydrogen-bond donors (Lipinski definition) is 1. The topological polar surface area (TPSA) is 47.0 Å². The van der Waals surface area contributed by atoms with E-state index in [1.165, 1.54) is 17.1 Å². The lowest BCUT2D eigenvalue weighted by atomic mass is 10.1. The molecule has 0 fully saturated rings. The van der Waals surface area contributed by atoms with E-state index < -0.39 is 0 Å². The van der Waals surface area contributed by atoms with Crippen LogP contribution in [0.5, 0.6) is 5.75 Å². The largest absolute Gasteiger partial charge is 0.494 e. The van der Waals surface area contributed by atoms with Crippen molar-refractivity contribution in [3.63, 3.8) is 0 Å². The summed E-state index contributed by atoms with van der Waals surface area (Å²) in [4.78, 5) is 0. The van der Waals surface area contributed by atoms with Crippen molar-refractivity contribution in [2.24, 2.45) is 0 Å². The third-order valence-electron chi connectivity index (χ3n) is 2.57. The fourth-order valence-corrected chi connectivity index (χ4v) is 2.11. The predicted molar refractivity (Wildman–Crippen MR) is 74.2 cm³/mol. The molecular formula is C13H17N3OS. The molecule has 0 saturated carbocycles. The number of hydrogen-bond acceptors (Lipinski definition) is 5. The first-order chi connectivity index (χ1) is 8.79. The van der Waals surface area contributed by atoms with Crippen LogP contribution in [0.15, 0.2) is 30.5 Å². The van der Waals surface area contributed by atoms with Crippen LogP contribution in [0.1, 0.15) is 31.9 Å². The number of rotatable bonds is 6. The van der Waals surface area contributed by atoms with Crippen LogP contribution in [0.25, 0.3) is 0 Å². The summed E-state index contributed by atoms with van der Waals surface area (Å²) in [6.07, 6.45) is 2.76. The Morgan fingerprint density at radius 3 is 2.72 bits per heavy atom. The van der Waals surface area contributed by atoms with Gasteiger partial charge in [0.1, 0.15) is 10.8 Å². The van der Waals surface area contributed by atoms with Crippen LogP contribution >= 0.6 is 11.5 Å². The molecule has 1 unspecified atom stereocenters. The maximum atomic E-state index is 5.56.